The number of hydrogen-bond acceptors (Lipinski definition) is 5. The molecule has 174 valence electrons. The van der Waals surface area contributed by atoms with E-state index in [-0.39, 0.29) is 11.8 Å². The Hall–Kier alpha value is -2.70. The van der Waals surface area contributed by atoms with Gasteiger partial charge in [-0.3, -0.25) is 9.69 Å². The number of halogens is 1. The van der Waals surface area contributed by atoms with E-state index in [1.54, 1.807) is 0 Å². The van der Waals surface area contributed by atoms with E-state index >= 15 is 0 Å². The summed E-state index contributed by atoms with van der Waals surface area (Å²) in [5.74, 6) is 1.78. The summed E-state index contributed by atoms with van der Waals surface area (Å²) < 4.78 is 5.44. The maximum absolute atomic E-state index is 12.7. The van der Waals surface area contributed by atoms with Gasteiger partial charge < -0.3 is 9.84 Å². The molecule has 1 unspecified atom stereocenters. The lowest BCUT2D eigenvalue weighted by atomic mass is 9.94. The summed E-state index contributed by atoms with van der Waals surface area (Å²) in [5.41, 5.74) is 2.09. The van der Waals surface area contributed by atoms with Crippen molar-refractivity contribution in [1.29, 1.82) is 0 Å². The van der Waals surface area contributed by atoms with Crippen molar-refractivity contribution in [3.63, 3.8) is 0 Å². The average molecular weight is 467 g/mol. The Balaban J connectivity index is 1.22. The second kappa shape index (κ2) is 11.4. The maximum atomic E-state index is 12.7. The van der Waals surface area contributed by atoms with Crippen LogP contribution in [0.4, 0.5) is 0 Å². The normalized spacial score (nSPS) is 15.9. The highest BCUT2D eigenvalue weighted by Crippen LogP contribution is 2.26. The lowest BCUT2D eigenvalue weighted by Crippen LogP contribution is -2.41. The molecule has 3 aromatic rings. The topological polar surface area (TPSA) is 71.3 Å². The molecule has 0 aliphatic carbocycles. The summed E-state index contributed by atoms with van der Waals surface area (Å²) >= 11 is 6.23. The van der Waals surface area contributed by atoms with Gasteiger partial charge in [-0.15, -0.1) is 0 Å². The fourth-order valence-electron chi connectivity index (χ4n) is 4.31. The number of hydrogen-bond donors (Lipinski definition) is 1. The molecule has 33 heavy (non-hydrogen) atoms. The number of aromatic nitrogens is 2. The fourth-order valence-corrected chi connectivity index (χ4v) is 4.53. The molecule has 1 amide bonds. The number of nitrogens with one attached hydrogen (secondary N) is 1. The van der Waals surface area contributed by atoms with Gasteiger partial charge in [0.1, 0.15) is 0 Å². The standard InChI is InChI=1S/C26H31ClN4O2/c1-2-19(16-20-8-4-3-5-9-20)17-28-26(32)21-12-14-31(15-13-21)18-24-29-25(30-33-24)22-10-6-7-11-23(22)27/h3-11,19,21H,2,12-18H2,1H3,(H,28,32). The monoisotopic (exact) mass is 466 g/mol. The molecule has 1 saturated heterocycles. The van der Waals surface area contributed by atoms with Crippen molar-refractivity contribution in [3.8, 4) is 11.4 Å². The molecule has 1 fully saturated rings. The van der Waals surface area contributed by atoms with Gasteiger partial charge in [0.2, 0.25) is 17.6 Å². The Kier molecular flexibility index (Phi) is 8.13. The maximum Gasteiger partial charge on any atom is 0.241 e. The average Bonchev–Trinajstić information content (AvgIpc) is 3.31. The minimum atomic E-state index is 0.0665. The molecule has 2 heterocycles. The third kappa shape index (κ3) is 6.42. The van der Waals surface area contributed by atoms with E-state index in [0.29, 0.717) is 29.2 Å². The number of benzene rings is 2. The molecule has 0 radical (unpaired) electrons. The van der Waals surface area contributed by atoms with E-state index < -0.39 is 0 Å². The van der Waals surface area contributed by atoms with Crippen molar-refractivity contribution < 1.29 is 9.32 Å². The Morgan fingerprint density at radius 3 is 2.61 bits per heavy atom. The number of rotatable bonds is 9. The van der Waals surface area contributed by atoms with Crippen molar-refractivity contribution in [2.45, 2.75) is 39.2 Å². The highest BCUT2D eigenvalue weighted by atomic mass is 35.5. The van der Waals surface area contributed by atoms with Gasteiger partial charge in [-0.1, -0.05) is 72.6 Å². The Morgan fingerprint density at radius 2 is 1.88 bits per heavy atom. The summed E-state index contributed by atoms with van der Waals surface area (Å²) in [6.45, 7) is 5.18. The number of carbonyl (C=O) groups is 1. The van der Waals surface area contributed by atoms with Crippen LogP contribution < -0.4 is 5.32 Å². The zero-order valence-electron chi connectivity index (χ0n) is 19.0. The third-order valence-electron chi connectivity index (χ3n) is 6.41. The van der Waals surface area contributed by atoms with Gasteiger partial charge in [0.25, 0.3) is 0 Å². The summed E-state index contributed by atoms with van der Waals surface area (Å²) in [4.78, 5) is 19.5. The zero-order valence-corrected chi connectivity index (χ0v) is 19.8. The highest BCUT2D eigenvalue weighted by molar-refractivity contribution is 6.33. The molecular weight excluding hydrogens is 436 g/mol. The summed E-state index contributed by atoms with van der Waals surface area (Å²) in [5, 5.41) is 7.88. The molecule has 4 rings (SSSR count). The molecule has 1 aliphatic heterocycles. The predicted octanol–water partition coefficient (Wildman–Crippen LogP) is 4.99. The van der Waals surface area contributed by atoms with Crippen molar-refractivity contribution in [1.82, 2.24) is 20.4 Å². The second-order valence-electron chi connectivity index (χ2n) is 8.75. The molecule has 0 bridgehead atoms. The van der Waals surface area contributed by atoms with Crippen LogP contribution >= 0.6 is 11.6 Å². The number of nitrogens with zero attached hydrogens (tertiary/aromatic N) is 3. The zero-order chi connectivity index (χ0) is 23.0. The van der Waals surface area contributed by atoms with E-state index in [1.807, 2.05) is 30.3 Å². The van der Waals surface area contributed by atoms with E-state index in [9.17, 15) is 4.79 Å². The quantitative estimate of drug-likeness (QED) is 0.481. The van der Waals surface area contributed by atoms with Crippen LogP contribution in [0, 0.1) is 11.8 Å². The van der Waals surface area contributed by atoms with Crippen LogP contribution in [0.25, 0.3) is 11.4 Å². The lowest BCUT2D eigenvalue weighted by molar-refractivity contribution is -0.126. The largest absolute Gasteiger partial charge is 0.356 e. The van der Waals surface area contributed by atoms with E-state index in [1.165, 1.54) is 5.56 Å². The summed E-state index contributed by atoms with van der Waals surface area (Å²) in [7, 11) is 0. The first kappa shape index (κ1) is 23.5. The van der Waals surface area contributed by atoms with Crippen LogP contribution in [0.15, 0.2) is 59.1 Å². The molecule has 1 aliphatic rings. The molecule has 2 aromatic carbocycles. The Morgan fingerprint density at radius 1 is 1.15 bits per heavy atom. The van der Waals surface area contributed by atoms with E-state index in [4.69, 9.17) is 16.1 Å². The van der Waals surface area contributed by atoms with Gasteiger partial charge in [-0.25, -0.2) is 0 Å². The van der Waals surface area contributed by atoms with Crippen molar-refractivity contribution >= 4 is 17.5 Å². The van der Waals surface area contributed by atoms with Gasteiger partial charge in [-0.2, -0.15) is 4.98 Å². The third-order valence-corrected chi connectivity index (χ3v) is 6.74. The van der Waals surface area contributed by atoms with Gasteiger partial charge in [-0.05, 0) is 56.0 Å². The minimum absolute atomic E-state index is 0.0665. The molecule has 1 atom stereocenters. The predicted molar refractivity (Wildman–Crippen MR) is 130 cm³/mol. The lowest BCUT2D eigenvalue weighted by Gasteiger charge is -2.30. The van der Waals surface area contributed by atoms with Crippen LogP contribution in [-0.2, 0) is 17.8 Å². The SMILES string of the molecule is CCC(CNC(=O)C1CCN(Cc2nc(-c3ccccc3Cl)no2)CC1)Cc1ccccc1. The number of likely N-dealkylation sites (tertiary alicyclic amines) is 1. The fraction of sp³-hybridized carbons (Fsp3) is 0.423. The minimum Gasteiger partial charge on any atom is -0.356 e. The van der Waals surface area contributed by atoms with Gasteiger partial charge in [0.15, 0.2) is 0 Å². The number of carbonyl (C=O) groups excluding carboxylic acids is 1. The van der Waals surface area contributed by atoms with Crippen LogP contribution in [0.3, 0.4) is 0 Å². The highest BCUT2D eigenvalue weighted by Gasteiger charge is 2.26. The molecule has 7 heteroatoms. The van der Waals surface area contributed by atoms with Gasteiger partial charge >= 0.3 is 0 Å². The first-order chi connectivity index (χ1) is 16.1. The molecule has 6 nitrogen and oxygen atoms in total. The Bertz CT molecular complexity index is 1030. The first-order valence-corrected chi connectivity index (χ1v) is 12.1. The number of amides is 1. The summed E-state index contributed by atoms with van der Waals surface area (Å²) in [6.07, 6.45) is 3.73. The Labute approximate surface area is 200 Å². The first-order valence-electron chi connectivity index (χ1n) is 11.7. The molecule has 1 N–H and O–H groups in total. The van der Waals surface area contributed by atoms with Gasteiger partial charge in [0, 0.05) is 18.0 Å². The van der Waals surface area contributed by atoms with Crippen LogP contribution in [0.2, 0.25) is 5.02 Å². The van der Waals surface area contributed by atoms with E-state index in [0.717, 1.165) is 50.9 Å². The smallest absolute Gasteiger partial charge is 0.241 e. The molecule has 1 aromatic heterocycles. The summed E-state index contributed by atoms with van der Waals surface area (Å²) in [6, 6.07) is 17.9. The van der Waals surface area contributed by atoms with E-state index in [2.05, 4.69) is 51.5 Å². The van der Waals surface area contributed by atoms with Crippen molar-refractivity contribution in [3.05, 3.63) is 71.1 Å². The molecular formula is C26H31ClN4O2. The molecule has 0 saturated carbocycles. The van der Waals surface area contributed by atoms with Crippen molar-refractivity contribution in [2.75, 3.05) is 19.6 Å². The van der Waals surface area contributed by atoms with Crippen LogP contribution in [0.5, 0.6) is 0 Å². The number of piperidine rings is 1. The second-order valence-corrected chi connectivity index (χ2v) is 9.16. The van der Waals surface area contributed by atoms with Crippen LogP contribution in [0.1, 0.15) is 37.6 Å². The van der Waals surface area contributed by atoms with Gasteiger partial charge in [0.05, 0.1) is 11.6 Å². The van der Waals surface area contributed by atoms with Crippen molar-refractivity contribution in [2.24, 2.45) is 11.8 Å². The van der Waals surface area contributed by atoms with Crippen LogP contribution in [-0.4, -0.2) is 40.6 Å². The molecule has 0 spiro atoms.